The highest BCUT2D eigenvalue weighted by Crippen LogP contribution is 2.35. The van der Waals surface area contributed by atoms with Gasteiger partial charge in [-0.1, -0.05) is 20.8 Å². The van der Waals surface area contributed by atoms with Crippen molar-refractivity contribution in [3.8, 4) is 0 Å². The van der Waals surface area contributed by atoms with Crippen molar-refractivity contribution in [2.75, 3.05) is 6.54 Å². The molecule has 1 saturated heterocycles. The first-order valence-electron chi connectivity index (χ1n) is 5.02. The molecular formula is C10H16F3NO. The number of likely N-dealkylation sites (tertiary alicyclic amines) is 1. The van der Waals surface area contributed by atoms with E-state index in [2.05, 4.69) is 0 Å². The first-order chi connectivity index (χ1) is 6.64. The molecule has 1 aliphatic heterocycles. The van der Waals surface area contributed by atoms with Gasteiger partial charge in [-0.15, -0.1) is 0 Å². The summed E-state index contributed by atoms with van der Waals surface area (Å²) >= 11 is 0. The van der Waals surface area contributed by atoms with Gasteiger partial charge in [-0.05, 0) is 12.8 Å². The predicted octanol–water partition coefficient (Wildman–Crippen LogP) is 2.59. The van der Waals surface area contributed by atoms with Gasteiger partial charge in [-0.25, -0.2) is 0 Å². The molecule has 15 heavy (non-hydrogen) atoms. The Bertz CT molecular complexity index is 254. The first kappa shape index (κ1) is 12.3. The number of nitrogens with zero attached hydrogens (tertiary/aromatic N) is 1. The minimum absolute atomic E-state index is 0.0331. The summed E-state index contributed by atoms with van der Waals surface area (Å²) in [5, 5.41) is 0. The van der Waals surface area contributed by atoms with E-state index in [9.17, 15) is 18.0 Å². The van der Waals surface area contributed by atoms with E-state index < -0.39 is 23.5 Å². The lowest BCUT2D eigenvalue weighted by Gasteiger charge is -2.31. The monoisotopic (exact) mass is 223 g/mol. The molecule has 5 heteroatoms. The summed E-state index contributed by atoms with van der Waals surface area (Å²) in [5.74, 6) is -0.415. The zero-order valence-corrected chi connectivity index (χ0v) is 9.19. The van der Waals surface area contributed by atoms with Gasteiger partial charge in [0.05, 0.1) is 0 Å². The standard InChI is InChI=1S/C10H16F3NO/c1-9(2,3)8(15)14-6-4-5-7(14)10(11,12)13/h7H,4-6H2,1-3H3. The van der Waals surface area contributed by atoms with Crippen LogP contribution in [-0.4, -0.2) is 29.6 Å². The Labute approximate surface area is 87.4 Å². The summed E-state index contributed by atoms with van der Waals surface area (Å²) in [6.45, 7) is 5.14. The molecule has 0 aromatic rings. The molecule has 1 atom stereocenters. The van der Waals surface area contributed by atoms with Crippen molar-refractivity contribution in [1.29, 1.82) is 0 Å². The molecule has 88 valence electrons. The Morgan fingerprint density at radius 1 is 1.27 bits per heavy atom. The molecule has 2 nitrogen and oxygen atoms in total. The van der Waals surface area contributed by atoms with Crippen LogP contribution in [0.15, 0.2) is 0 Å². The van der Waals surface area contributed by atoms with Crippen LogP contribution < -0.4 is 0 Å². The lowest BCUT2D eigenvalue weighted by Crippen LogP contribution is -2.48. The maximum absolute atomic E-state index is 12.6. The summed E-state index contributed by atoms with van der Waals surface area (Å²) in [6, 6.07) is -1.58. The second kappa shape index (κ2) is 3.68. The highest BCUT2D eigenvalue weighted by Gasteiger charge is 2.49. The van der Waals surface area contributed by atoms with E-state index >= 15 is 0 Å². The van der Waals surface area contributed by atoms with Crippen molar-refractivity contribution in [1.82, 2.24) is 4.90 Å². The maximum Gasteiger partial charge on any atom is 0.408 e. The van der Waals surface area contributed by atoms with Gasteiger partial charge < -0.3 is 4.90 Å². The fourth-order valence-corrected chi connectivity index (χ4v) is 1.78. The SMILES string of the molecule is CC(C)(C)C(=O)N1CCCC1C(F)(F)F. The van der Waals surface area contributed by atoms with Crippen molar-refractivity contribution < 1.29 is 18.0 Å². The Morgan fingerprint density at radius 3 is 2.20 bits per heavy atom. The van der Waals surface area contributed by atoms with Crippen LogP contribution in [0.5, 0.6) is 0 Å². The van der Waals surface area contributed by atoms with E-state index in [4.69, 9.17) is 0 Å². The molecule has 0 radical (unpaired) electrons. The van der Waals surface area contributed by atoms with Crippen LogP contribution in [0, 0.1) is 5.41 Å². The second-order valence-corrected chi connectivity index (χ2v) is 4.95. The third kappa shape index (κ3) is 2.63. The van der Waals surface area contributed by atoms with E-state index in [0.29, 0.717) is 6.42 Å². The summed E-state index contributed by atoms with van der Waals surface area (Å²) < 4.78 is 37.7. The second-order valence-electron chi connectivity index (χ2n) is 4.95. The first-order valence-corrected chi connectivity index (χ1v) is 5.02. The normalized spacial score (nSPS) is 23.3. The van der Waals surface area contributed by atoms with Crippen molar-refractivity contribution >= 4 is 5.91 Å². The van der Waals surface area contributed by atoms with Gasteiger partial charge >= 0.3 is 6.18 Å². The van der Waals surface area contributed by atoms with Gasteiger partial charge in [0.2, 0.25) is 5.91 Å². The number of carbonyl (C=O) groups is 1. The molecule has 0 bridgehead atoms. The molecule has 1 amide bonds. The third-order valence-electron chi connectivity index (χ3n) is 2.53. The van der Waals surface area contributed by atoms with Gasteiger partial charge in [0.15, 0.2) is 0 Å². The third-order valence-corrected chi connectivity index (χ3v) is 2.53. The number of halogens is 3. The number of rotatable bonds is 0. The predicted molar refractivity (Wildman–Crippen MR) is 50.2 cm³/mol. The van der Waals surface area contributed by atoms with Crippen molar-refractivity contribution in [2.45, 2.75) is 45.8 Å². The van der Waals surface area contributed by atoms with E-state index in [1.54, 1.807) is 20.8 Å². The molecule has 0 N–H and O–H groups in total. The Kier molecular flexibility index (Phi) is 3.03. The molecule has 1 fully saturated rings. The highest BCUT2D eigenvalue weighted by atomic mass is 19.4. The van der Waals surface area contributed by atoms with Crippen molar-refractivity contribution in [3.05, 3.63) is 0 Å². The number of hydrogen-bond acceptors (Lipinski definition) is 1. The van der Waals surface area contributed by atoms with Crippen LogP contribution in [-0.2, 0) is 4.79 Å². The van der Waals surface area contributed by atoms with E-state index in [-0.39, 0.29) is 13.0 Å². The zero-order valence-electron chi connectivity index (χ0n) is 9.19. The smallest absolute Gasteiger partial charge is 0.330 e. The van der Waals surface area contributed by atoms with E-state index in [0.717, 1.165) is 4.90 Å². The molecule has 0 aromatic heterocycles. The topological polar surface area (TPSA) is 20.3 Å². The van der Waals surface area contributed by atoms with E-state index in [1.807, 2.05) is 0 Å². The molecule has 0 aromatic carbocycles. The fourth-order valence-electron chi connectivity index (χ4n) is 1.78. The lowest BCUT2D eigenvalue weighted by atomic mass is 9.94. The quantitative estimate of drug-likeness (QED) is 0.618. The number of hydrogen-bond donors (Lipinski definition) is 0. The van der Waals surface area contributed by atoms with Gasteiger partial charge in [0.1, 0.15) is 6.04 Å². The van der Waals surface area contributed by atoms with Crippen LogP contribution in [0.25, 0.3) is 0 Å². The molecule has 0 saturated carbocycles. The molecule has 1 aliphatic rings. The summed E-state index contributed by atoms with van der Waals surface area (Å²) in [6.07, 6.45) is -3.82. The van der Waals surface area contributed by atoms with Gasteiger partial charge in [0, 0.05) is 12.0 Å². The number of alkyl halides is 3. The average Bonchev–Trinajstić information content (AvgIpc) is 2.47. The van der Waals surface area contributed by atoms with E-state index in [1.165, 1.54) is 0 Å². The lowest BCUT2D eigenvalue weighted by molar-refractivity contribution is -0.186. The molecular weight excluding hydrogens is 207 g/mol. The maximum atomic E-state index is 12.6. The molecule has 1 unspecified atom stereocenters. The van der Waals surface area contributed by atoms with Gasteiger partial charge in [-0.2, -0.15) is 13.2 Å². The van der Waals surface area contributed by atoms with Crippen LogP contribution in [0.1, 0.15) is 33.6 Å². The van der Waals surface area contributed by atoms with Crippen LogP contribution in [0.4, 0.5) is 13.2 Å². The number of amides is 1. The molecule has 0 aliphatic carbocycles. The number of carbonyl (C=O) groups excluding carboxylic acids is 1. The minimum atomic E-state index is -4.29. The van der Waals surface area contributed by atoms with Crippen LogP contribution >= 0.6 is 0 Å². The largest absolute Gasteiger partial charge is 0.408 e. The van der Waals surface area contributed by atoms with Crippen molar-refractivity contribution in [2.24, 2.45) is 5.41 Å². The highest BCUT2D eigenvalue weighted by molar-refractivity contribution is 5.82. The van der Waals surface area contributed by atoms with Gasteiger partial charge in [-0.3, -0.25) is 4.79 Å². The molecule has 0 spiro atoms. The summed E-state index contributed by atoms with van der Waals surface area (Å²) in [5.41, 5.74) is -0.742. The fraction of sp³-hybridized carbons (Fsp3) is 0.900. The summed E-state index contributed by atoms with van der Waals surface area (Å²) in [7, 11) is 0. The van der Waals surface area contributed by atoms with Gasteiger partial charge in [0.25, 0.3) is 0 Å². The van der Waals surface area contributed by atoms with Crippen molar-refractivity contribution in [3.63, 3.8) is 0 Å². The zero-order chi connectivity index (χ0) is 11.9. The Hall–Kier alpha value is -0.740. The average molecular weight is 223 g/mol. The Balaban J connectivity index is 2.82. The molecule has 1 rings (SSSR count). The molecule has 1 heterocycles. The Morgan fingerprint density at radius 2 is 1.80 bits per heavy atom. The minimum Gasteiger partial charge on any atom is -0.330 e. The summed E-state index contributed by atoms with van der Waals surface area (Å²) in [4.78, 5) is 12.7. The van der Waals surface area contributed by atoms with Crippen LogP contribution in [0.3, 0.4) is 0 Å². The van der Waals surface area contributed by atoms with Crippen LogP contribution in [0.2, 0.25) is 0 Å².